The average Bonchev–Trinajstić information content (AvgIpc) is 2.57. The predicted octanol–water partition coefficient (Wildman–Crippen LogP) is 2.58. The minimum Gasteiger partial charge on any atom is -0.396 e. The predicted molar refractivity (Wildman–Crippen MR) is 65.0 cm³/mol. The molecule has 0 aromatic carbocycles. The first-order valence-corrected chi connectivity index (χ1v) is 6.88. The summed E-state index contributed by atoms with van der Waals surface area (Å²) in [5.74, 6) is 1.83. The highest BCUT2D eigenvalue weighted by Gasteiger charge is 2.51. The second-order valence-corrected chi connectivity index (χ2v) is 6.25. The van der Waals surface area contributed by atoms with E-state index in [-0.39, 0.29) is 6.10 Å². The number of hydrogen-bond acceptors (Lipinski definition) is 2. The molecule has 2 fully saturated rings. The van der Waals surface area contributed by atoms with Gasteiger partial charge in [-0.15, -0.1) is 0 Å². The van der Waals surface area contributed by atoms with Gasteiger partial charge in [0.05, 0.1) is 6.10 Å². The number of rotatable bonds is 3. The molecule has 0 aromatic rings. The highest BCUT2D eigenvalue weighted by molar-refractivity contribution is 5.01. The van der Waals surface area contributed by atoms with Crippen molar-refractivity contribution in [1.29, 1.82) is 0 Å². The molecule has 0 aliphatic heterocycles. The smallest absolute Gasteiger partial charge is 0.0573 e. The third kappa shape index (κ3) is 1.91. The van der Waals surface area contributed by atoms with E-state index in [4.69, 9.17) is 5.11 Å². The molecule has 94 valence electrons. The van der Waals surface area contributed by atoms with E-state index in [1.54, 1.807) is 0 Å². The molecule has 0 amide bonds. The number of hydrogen-bond donors (Lipinski definition) is 2. The number of aliphatic hydroxyl groups is 2. The van der Waals surface area contributed by atoms with Gasteiger partial charge < -0.3 is 10.2 Å². The molecular weight excluding hydrogens is 200 g/mol. The molecule has 16 heavy (non-hydrogen) atoms. The molecule has 2 N–H and O–H groups in total. The normalized spacial score (nSPS) is 45.4. The van der Waals surface area contributed by atoms with Gasteiger partial charge in [-0.2, -0.15) is 0 Å². The van der Waals surface area contributed by atoms with Crippen LogP contribution in [-0.4, -0.2) is 22.9 Å². The summed E-state index contributed by atoms with van der Waals surface area (Å²) in [6.07, 6.45) is 6.75. The molecule has 0 bridgehead atoms. The molecule has 5 atom stereocenters. The SMILES string of the molecule is CC(CCO)C1CCC2C(O)CCCC12C. The lowest BCUT2D eigenvalue weighted by atomic mass is 9.61. The molecule has 2 rings (SSSR count). The molecule has 2 heteroatoms. The highest BCUT2D eigenvalue weighted by atomic mass is 16.3. The Morgan fingerprint density at radius 3 is 2.75 bits per heavy atom. The van der Waals surface area contributed by atoms with Crippen molar-refractivity contribution in [1.82, 2.24) is 0 Å². The van der Waals surface area contributed by atoms with Crippen LogP contribution in [0.4, 0.5) is 0 Å². The summed E-state index contributed by atoms with van der Waals surface area (Å²) < 4.78 is 0. The van der Waals surface area contributed by atoms with E-state index in [0.717, 1.165) is 12.8 Å². The van der Waals surface area contributed by atoms with Crippen molar-refractivity contribution in [2.75, 3.05) is 6.61 Å². The summed E-state index contributed by atoms with van der Waals surface area (Å²) in [7, 11) is 0. The fraction of sp³-hybridized carbons (Fsp3) is 1.00. The topological polar surface area (TPSA) is 40.5 Å². The van der Waals surface area contributed by atoms with Crippen LogP contribution in [0.15, 0.2) is 0 Å². The van der Waals surface area contributed by atoms with Crippen LogP contribution in [0.3, 0.4) is 0 Å². The Hall–Kier alpha value is -0.0800. The van der Waals surface area contributed by atoms with Crippen LogP contribution in [-0.2, 0) is 0 Å². The first kappa shape index (κ1) is 12.4. The standard InChI is InChI=1S/C14H26O2/c1-10(7-9-15)11-5-6-12-13(16)4-3-8-14(11,12)2/h10-13,15-16H,3-9H2,1-2H3. The molecule has 2 aliphatic carbocycles. The van der Waals surface area contributed by atoms with E-state index in [2.05, 4.69) is 13.8 Å². The molecule has 2 aliphatic rings. The van der Waals surface area contributed by atoms with Gasteiger partial charge in [0.2, 0.25) is 0 Å². The van der Waals surface area contributed by atoms with Crippen molar-refractivity contribution >= 4 is 0 Å². The van der Waals surface area contributed by atoms with Gasteiger partial charge in [0.25, 0.3) is 0 Å². The van der Waals surface area contributed by atoms with Crippen molar-refractivity contribution < 1.29 is 10.2 Å². The molecule has 2 saturated carbocycles. The van der Waals surface area contributed by atoms with Crippen LogP contribution >= 0.6 is 0 Å². The van der Waals surface area contributed by atoms with Gasteiger partial charge in [-0.1, -0.05) is 20.3 Å². The molecular formula is C14H26O2. The maximum Gasteiger partial charge on any atom is 0.0573 e. The van der Waals surface area contributed by atoms with Gasteiger partial charge >= 0.3 is 0 Å². The van der Waals surface area contributed by atoms with Crippen molar-refractivity contribution in [3.05, 3.63) is 0 Å². The highest BCUT2D eigenvalue weighted by Crippen LogP contribution is 2.57. The molecule has 0 saturated heterocycles. The molecule has 5 unspecified atom stereocenters. The van der Waals surface area contributed by atoms with E-state index in [1.165, 1.54) is 25.7 Å². The van der Waals surface area contributed by atoms with Crippen molar-refractivity contribution in [3.8, 4) is 0 Å². The van der Waals surface area contributed by atoms with Gasteiger partial charge in [-0.05, 0) is 55.3 Å². The molecule has 2 nitrogen and oxygen atoms in total. The second-order valence-electron chi connectivity index (χ2n) is 6.25. The van der Waals surface area contributed by atoms with Crippen LogP contribution in [0.5, 0.6) is 0 Å². The third-order valence-corrected chi connectivity index (χ3v) is 5.43. The zero-order valence-corrected chi connectivity index (χ0v) is 10.7. The van der Waals surface area contributed by atoms with Crippen LogP contribution in [0, 0.1) is 23.2 Å². The van der Waals surface area contributed by atoms with Crippen LogP contribution in [0.2, 0.25) is 0 Å². The van der Waals surface area contributed by atoms with Gasteiger partial charge in [0, 0.05) is 6.61 Å². The summed E-state index contributed by atoms with van der Waals surface area (Å²) in [6.45, 7) is 4.96. The van der Waals surface area contributed by atoms with Gasteiger partial charge in [0.15, 0.2) is 0 Å². The molecule has 0 radical (unpaired) electrons. The quantitative estimate of drug-likeness (QED) is 0.776. The lowest BCUT2D eigenvalue weighted by Crippen LogP contribution is -2.41. The van der Waals surface area contributed by atoms with Gasteiger partial charge in [-0.25, -0.2) is 0 Å². The third-order valence-electron chi connectivity index (χ3n) is 5.43. The van der Waals surface area contributed by atoms with Crippen molar-refractivity contribution in [2.24, 2.45) is 23.2 Å². The summed E-state index contributed by atoms with van der Waals surface area (Å²) >= 11 is 0. The van der Waals surface area contributed by atoms with E-state index in [1.807, 2.05) is 0 Å². The maximum absolute atomic E-state index is 10.1. The number of aliphatic hydroxyl groups excluding tert-OH is 2. The Labute approximate surface area is 99.1 Å². The molecule has 0 heterocycles. The lowest BCUT2D eigenvalue weighted by molar-refractivity contribution is -0.0287. The first-order chi connectivity index (χ1) is 7.59. The fourth-order valence-corrected chi connectivity index (χ4v) is 4.53. The van der Waals surface area contributed by atoms with E-state index in [0.29, 0.717) is 29.8 Å². The zero-order chi connectivity index (χ0) is 11.8. The number of fused-ring (bicyclic) bond motifs is 1. The Bertz CT molecular complexity index is 241. The van der Waals surface area contributed by atoms with Gasteiger partial charge in [0.1, 0.15) is 0 Å². The Kier molecular flexibility index (Phi) is 3.60. The lowest BCUT2D eigenvalue weighted by Gasteiger charge is -2.45. The fourth-order valence-electron chi connectivity index (χ4n) is 4.53. The monoisotopic (exact) mass is 226 g/mol. The van der Waals surface area contributed by atoms with Gasteiger partial charge in [-0.3, -0.25) is 0 Å². The van der Waals surface area contributed by atoms with E-state index >= 15 is 0 Å². The summed E-state index contributed by atoms with van der Waals surface area (Å²) in [4.78, 5) is 0. The maximum atomic E-state index is 10.1. The summed E-state index contributed by atoms with van der Waals surface area (Å²) in [6, 6.07) is 0. The first-order valence-electron chi connectivity index (χ1n) is 6.88. The molecule has 0 spiro atoms. The Morgan fingerprint density at radius 2 is 2.06 bits per heavy atom. The Balaban J connectivity index is 2.11. The van der Waals surface area contributed by atoms with Crippen LogP contribution < -0.4 is 0 Å². The average molecular weight is 226 g/mol. The van der Waals surface area contributed by atoms with Crippen molar-refractivity contribution in [3.63, 3.8) is 0 Å². The summed E-state index contributed by atoms with van der Waals surface area (Å²) in [5, 5.41) is 19.2. The molecule has 0 aromatic heterocycles. The summed E-state index contributed by atoms with van der Waals surface area (Å²) in [5.41, 5.74) is 0.340. The van der Waals surface area contributed by atoms with Crippen molar-refractivity contribution in [2.45, 2.75) is 58.5 Å². The zero-order valence-electron chi connectivity index (χ0n) is 10.7. The van der Waals surface area contributed by atoms with E-state index in [9.17, 15) is 5.11 Å². The Morgan fingerprint density at radius 1 is 1.31 bits per heavy atom. The van der Waals surface area contributed by atoms with E-state index < -0.39 is 0 Å². The van der Waals surface area contributed by atoms with Crippen LogP contribution in [0.25, 0.3) is 0 Å². The second kappa shape index (κ2) is 4.66. The van der Waals surface area contributed by atoms with Crippen LogP contribution in [0.1, 0.15) is 52.4 Å². The minimum atomic E-state index is -0.0647. The largest absolute Gasteiger partial charge is 0.396 e. The minimum absolute atomic E-state index is 0.0647.